The lowest BCUT2D eigenvalue weighted by Gasteiger charge is -2.22. The summed E-state index contributed by atoms with van der Waals surface area (Å²) in [7, 11) is 0. The Labute approximate surface area is 148 Å². The Hall–Kier alpha value is -2.51. The Bertz CT molecular complexity index is 1000. The minimum atomic E-state index is 0.385. The molecule has 0 aromatic carbocycles. The summed E-state index contributed by atoms with van der Waals surface area (Å²) in [6.45, 7) is 1.60. The molecule has 0 unspecified atom stereocenters. The number of nitrogens with zero attached hydrogens (tertiary/aromatic N) is 3. The maximum Gasteiger partial charge on any atom is 0.224 e. The van der Waals surface area contributed by atoms with Gasteiger partial charge in [0.15, 0.2) is 0 Å². The summed E-state index contributed by atoms with van der Waals surface area (Å²) in [6.07, 6.45) is 9.63. The number of anilines is 1. The quantitative estimate of drug-likeness (QED) is 0.587. The molecular formula is C18H17N5OS. The van der Waals surface area contributed by atoms with Gasteiger partial charge in [-0.25, -0.2) is 4.98 Å². The van der Waals surface area contributed by atoms with Gasteiger partial charge >= 0.3 is 0 Å². The van der Waals surface area contributed by atoms with E-state index in [1.807, 2.05) is 30.9 Å². The summed E-state index contributed by atoms with van der Waals surface area (Å²) >= 11 is 1.76. The van der Waals surface area contributed by atoms with Crippen LogP contribution in [0.25, 0.3) is 31.6 Å². The van der Waals surface area contributed by atoms with E-state index in [9.17, 15) is 0 Å². The predicted molar refractivity (Wildman–Crippen MR) is 100.0 cm³/mol. The van der Waals surface area contributed by atoms with Crippen LogP contribution in [0.3, 0.4) is 0 Å². The van der Waals surface area contributed by atoms with Crippen molar-refractivity contribution in [2.75, 3.05) is 18.5 Å². The number of thiophene rings is 1. The van der Waals surface area contributed by atoms with Crippen LogP contribution in [0.5, 0.6) is 0 Å². The zero-order chi connectivity index (χ0) is 16.6. The van der Waals surface area contributed by atoms with E-state index < -0.39 is 0 Å². The molecular weight excluding hydrogens is 334 g/mol. The molecule has 0 bridgehead atoms. The minimum Gasteiger partial charge on any atom is -0.381 e. The highest BCUT2D eigenvalue weighted by Crippen LogP contribution is 2.36. The van der Waals surface area contributed by atoms with Crippen LogP contribution in [0.15, 0.2) is 36.9 Å². The Morgan fingerprint density at radius 1 is 1.24 bits per heavy atom. The zero-order valence-electron chi connectivity index (χ0n) is 13.5. The van der Waals surface area contributed by atoms with Gasteiger partial charge in [0.25, 0.3) is 0 Å². The summed E-state index contributed by atoms with van der Waals surface area (Å²) in [5.74, 6) is 0.674. The maximum atomic E-state index is 5.39. The Kier molecular flexibility index (Phi) is 3.61. The van der Waals surface area contributed by atoms with E-state index >= 15 is 0 Å². The lowest BCUT2D eigenvalue weighted by molar-refractivity contribution is 0.0903. The second-order valence-corrected chi connectivity index (χ2v) is 7.30. The van der Waals surface area contributed by atoms with Crippen molar-refractivity contribution in [3.05, 3.63) is 36.9 Å². The molecule has 4 aromatic rings. The molecule has 0 saturated carbocycles. The van der Waals surface area contributed by atoms with Gasteiger partial charge in [-0.1, -0.05) is 0 Å². The van der Waals surface area contributed by atoms with Crippen LogP contribution in [0.4, 0.5) is 5.95 Å². The summed E-state index contributed by atoms with van der Waals surface area (Å²) in [5, 5.41) is 5.62. The molecule has 0 spiro atoms. The van der Waals surface area contributed by atoms with Crippen LogP contribution in [0, 0.1) is 0 Å². The molecule has 0 atom stereocenters. The first-order valence-corrected chi connectivity index (χ1v) is 9.21. The number of hydrogen-bond acceptors (Lipinski definition) is 6. The maximum absolute atomic E-state index is 5.39. The fourth-order valence-electron chi connectivity index (χ4n) is 3.22. The van der Waals surface area contributed by atoms with Crippen molar-refractivity contribution in [1.82, 2.24) is 19.9 Å². The normalized spacial score (nSPS) is 15.8. The van der Waals surface area contributed by atoms with Crippen molar-refractivity contribution in [2.24, 2.45) is 0 Å². The van der Waals surface area contributed by atoms with Gasteiger partial charge in [-0.3, -0.25) is 4.98 Å². The van der Waals surface area contributed by atoms with Crippen molar-refractivity contribution < 1.29 is 4.74 Å². The third kappa shape index (κ3) is 2.75. The SMILES string of the molecule is c1cc2sc(-c3c[nH]c4nc(NC5CCOCC5)ncc34)cc2cn1. The molecule has 0 amide bonds. The first-order chi connectivity index (χ1) is 12.4. The van der Waals surface area contributed by atoms with Crippen LogP contribution in [-0.2, 0) is 4.74 Å². The molecule has 5 rings (SSSR count). The van der Waals surface area contributed by atoms with Crippen LogP contribution in [-0.4, -0.2) is 39.2 Å². The van der Waals surface area contributed by atoms with Gasteiger partial charge < -0.3 is 15.0 Å². The van der Waals surface area contributed by atoms with Crippen molar-refractivity contribution in [1.29, 1.82) is 0 Å². The van der Waals surface area contributed by atoms with Gasteiger partial charge in [-0.05, 0) is 25.0 Å². The van der Waals surface area contributed by atoms with Gasteiger partial charge in [0.2, 0.25) is 5.95 Å². The fourth-order valence-corrected chi connectivity index (χ4v) is 4.28. The standard InChI is InChI=1S/C18H17N5OS/c1-4-19-8-11-7-16(25-15(1)11)13-9-20-17-14(13)10-21-18(23-17)22-12-2-5-24-6-3-12/h1,4,7-10,12H,2-3,5-6H2,(H2,20,21,22,23). The smallest absolute Gasteiger partial charge is 0.224 e. The lowest BCUT2D eigenvalue weighted by atomic mass is 10.1. The number of ether oxygens (including phenoxy) is 1. The fraction of sp³-hybridized carbons (Fsp3) is 0.278. The highest BCUT2D eigenvalue weighted by Gasteiger charge is 2.16. The summed E-state index contributed by atoms with van der Waals surface area (Å²) < 4.78 is 6.63. The summed E-state index contributed by atoms with van der Waals surface area (Å²) in [5.41, 5.74) is 1.99. The molecule has 1 aliphatic heterocycles. The highest BCUT2D eigenvalue weighted by molar-refractivity contribution is 7.22. The molecule has 2 N–H and O–H groups in total. The third-order valence-corrected chi connectivity index (χ3v) is 5.72. The van der Waals surface area contributed by atoms with Gasteiger partial charge in [0, 0.05) is 70.0 Å². The molecule has 25 heavy (non-hydrogen) atoms. The number of aromatic nitrogens is 4. The van der Waals surface area contributed by atoms with E-state index in [0.29, 0.717) is 12.0 Å². The molecule has 7 heteroatoms. The Morgan fingerprint density at radius 2 is 2.16 bits per heavy atom. The molecule has 1 saturated heterocycles. The average Bonchev–Trinajstić information content (AvgIpc) is 3.25. The Morgan fingerprint density at radius 3 is 3.04 bits per heavy atom. The van der Waals surface area contributed by atoms with Gasteiger partial charge in [-0.15, -0.1) is 11.3 Å². The largest absolute Gasteiger partial charge is 0.381 e. The topological polar surface area (TPSA) is 75.7 Å². The molecule has 5 heterocycles. The monoisotopic (exact) mass is 351 g/mol. The summed E-state index contributed by atoms with van der Waals surface area (Å²) in [4.78, 5) is 17.8. The van der Waals surface area contributed by atoms with E-state index in [1.165, 1.54) is 9.58 Å². The third-order valence-electron chi connectivity index (χ3n) is 4.57. The number of hydrogen-bond donors (Lipinski definition) is 2. The number of nitrogens with one attached hydrogen (secondary N) is 2. The van der Waals surface area contributed by atoms with Crippen LogP contribution in [0.1, 0.15) is 12.8 Å². The number of fused-ring (bicyclic) bond motifs is 2. The second-order valence-electron chi connectivity index (χ2n) is 6.21. The van der Waals surface area contributed by atoms with E-state index in [4.69, 9.17) is 4.74 Å². The molecule has 1 aliphatic rings. The van der Waals surface area contributed by atoms with Crippen LogP contribution >= 0.6 is 11.3 Å². The number of aromatic amines is 1. The Balaban J connectivity index is 1.48. The molecule has 4 aromatic heterocycles. The highest BCUT2D eigenvalue weighted by atomic mass is 32.1. The minimum absolute atomic E-state index is 0.385. The van der Waals surface area contributed by atoms with E-state index in [-0.39, 0.29) is 0 Å². The summed E-state index contributed by atoms with van der Waals surface area (Å²) in [6, 6.07) is 4.60. The first kappa shape index (κ1) is 14.8. The molecule has 1 fully saturated rings. The molecule has 0 aliphatic carbocycles. The molecule has 126 valence electrons. The van der Waals surface area contributed by atoms with Gasteiger partial charge in [0.05, 0.1) is 0 Å². The van der Waals surface area contributed by atoms with Crippen molar-refractivity contribution in [3.8, 4) is 10.4 Å². The molecule has 0 radical (unpaired) electrons. The van der Waals surface area contributed by atoms with E-state index in [1.54, 1.807) is 11.3 Å². The number of pyridine rings is 1. The molecule has 6 nitrogen and oxygen atoms in total. The van der Waals surface area contributed by atoms with E-state index in [0.717, 1.165) is 48.0 Å². The number of rotatable bonds is 3. The lowest BCUT2D eigenvalue weighted by Crippen LogP contribution is -2.28. The predicted octanol–water partition coefficient (Wildman–Crippen LogP) is 3.83. The van der Waals surface area contributed by atoms with Crippen molar-refractivity contribution >= 4 is 38.4 Å². The second kappa shape index (κ2) is 6.09. The van der Waals surface area contributed by atoms with Crippen molar-refractivity contribution in [3.63, 3.8) is 0 Å². The average molecular weight is 351 g/mol. The first-order valence-electron chi connectivity index (χ1n) is 8.39. The number of H-pyrrole nitrogens is 1. The van der Waals surface area contributed by atoms with Crippen LogP contribution in [0.2, 0.25) is 0 Å². The van der Waals surface area contributed by atoms with Crippen LogP contribution < -0.4 is 5.32 Å². The van der Waals surface area contributed by atoms with Gasteiger partial charge in [-0.2, -0.15) is 4.98 Å². The van der Waals surface area contributed by atoms with E-state index in [2.05, 4.69) is 31.3 Å². The van der Waals surface area contributed by atoms with Gasteiger partial charge in [0.1, 0.15) is 5.65 Å². The van der Waals surface area contributed by atoms with Crippen molar-refractivity contribution in [2.45, 2.75) is 18.9 Å². The zero-order valence-corrected chi connectivity index (χ0v) is 14.3.